The maximum absolute atomic E-state index is 9.27. The van der Waals surface area contributed by atoms with Crippen LogP contribution in [0.1, 0.15) is 18.2 Å². The van der Waals surface area contributed by atoms with Crippen LogP contribution in [-0.4, -0.2) is 14.5 Å². The van der Waals surface area contributed by atoms with Crippen molar-refractivity contribution < 1.29 is 4.74 Å². The third-order valence-electron chi connectivity index (χ3n) is 2.77. The third kappa shape index (κ3) is 2.92. The Morgan fingerprint density at radius 3 is 2.90 bits per heavy atom. The van der Waals surface area contributed by atoms with Gasteiger partial charge in [0.05, 0.1) is 18.3 Å². The molecule has 0 aliphatic heterocycles. The van der Waals surface area contributed by atoms with E-state index in [-0.39, 0.29) is 11.4 Å². The van der Waals surface area contributed by atoms with Gasteiger partial charge in [-0.2, -0.15) is 5.26 Å². The van der Waals surface area contributed by atoms with E-state index in [1.165, 1.54) is 6.26 Å². The van der Waals surface area contributed by atoms with E-state index in [9.17, 15) is 5.26 Å². The van der Waals surface area contributed by atoms with E-state index in [0.717, 1.165) is 0 Å². The van der Waals surface area contributed by atoms with Gasteiger partial charge in [0.2, 0.25) is 0 Å². The lowest BCUT2D eigenvalue weighted by atomic mass is 10.1. The topological polar surface area (TPSA) is 89.8 Å². The van der Waals surface area contributed by atoms with E-state index in [4.69, 9.17) is 10.5 Å². The smallest absolute Gasteiger partial charge is 0.145 e. The van der Waals surface area contributed by atoms with Crippen molar-refractivity contribution in [1.82, 2.24) is 14.5 Å². The Bertz CT molecular complexity index is 752. The molecule has 6 heteroatoms. The van der Waals surface area contributed by atoms with Gasteiger partial charge in [-0.05, 0) is 13.0 Å². The molecule has 0 fully saturated rings. The maximum atomic E-state index is 9.27. The second-order valence-electron chi connectivity index (χ2n) is 4.36. The van der Waals surface area contributed by atoms with Gasteiger partial charge in [0.25, 0.3) is 0 Å². The molecule has 0 spiro atoms. The zero-order chi connectivity index (χ0) is 15.4. The minimum absolute atomic E-state index is 0.126. The molecule has 2 rings (SSSR count). The van der Waals surface area contributed by atoms with Crippen LogP contribution in [0.15, 0.2) is 37.5 Å². The summed E-state index contributed by atoms with van der Waals surface area (Å²) in [6, 6.07) is 3.76. The van der Waals surface area contributed by atoms with E-state index in [0.29, 0.717) is 22.7 Å². The van der Waals surface area contributed by atoms with Gasteiger partial charge in [-0.3, -0.25) is 0 Å². The fourth-order valence-electron chi connectivity index (χ4n) is 1.79. The molecular weight excluding hydrogens is 266 g/mol. The molecule has 0 saturated carbocycles. The number of hydrogen-bond acceptors (Lipinski definition) is 5. The molecule has 0 saturated heterocycles. The average molecular weight is 281 g/mol. The van der Waals surface area contributed by atoms with Crippen LogP contribution in [0, 0.1) is 11.3 Å². The fourth-order valence-corrected chi connectivity index (χ4v) is 1.79. The lowest BCUT2D eigenvalue weighted by molar-refractivity contribution is 0.435. The van der Waals surface area contributed by atoms with Crippen LogP contribution in [0.3, 0.4) is 0 Å². The Morgan fingerprint density at radius 2 is 2.33 bits per heavy atom. The highest BCUT2D eigenvalue weighted by molar-refractivity contribution is 5.76. The average Bonchev–Trinajstić information content (AvgIpc) is 2.90. The van der Waals surface area contributed by atoms with Crippen molar-refractivity contribution in [2.45, 2.75) is 6.92 Å². The summed E-state index contributed by atoms with van der Waals surface area (Å²) in [4.78, 5) is 8.39. The zero-order valence-corrected chi connectivity index (χ0v) is 11.9. The first-order valence-electron chi connectivity index (χ1n) is 6.23. The summed E-state index contributed by atoms with van der Waals surface area (Å²) >= 11 is 0. The number of pyridine rings is 1. The van der Waals surface area contributed by atoms with Crippen molar-refractivity contribution in [2.24, 2.45) is 7.05 Å². The third-order valence-corrected chi connectivity index (χ3v) is 2.77. The molecule has 2 N–H and O–H groups in total. The Balaban J connectivity index is 2.55. The normalized spacial score (nSPS) is 10.5. The number of ether oxygens (including phenoxy) is 1. The molecule has 0 unspecified atom stereocenters. The van der Waals surface area contributed by atoms with Crippen molar-refractivity contribution in [1.29, 1.82) is 5.26 Å². The predicted molar refractivity (Wildman–Crippen MR) is 80.5 cm³/mol. The second-order valence-corrected chi connectivity index (χ2v) is 4.36. The van der Waals surface area contributed by atoms with Gasteiger partial charge < -0.3 is 15.0 Å². The number of allylic oxidation sites excluding steroid dienone is 1. The van der Waals surface area contributed by atoms with Gasteiger partial charge in [0.15, 0.2) is 0 Å². The Morgan fingerprint density at radius 1 is 1.57 bits per heavy atom. The molecule has 0 amide bonds. The lowest BCUT2D eigenvalue weighted by Gasteiger charge is -2.09. The molecule has 2 aromatic rings. The Hall–Kier alpha value is -3.07. The predicted octanol–water partition coefficient (Wildman–Crippen LogP) is 2.46. The highest BCUT2D eigenvalue weighted by atomic mass is 16.5. The van der Waals surface area contributed by atoms with Crippen molar-refractivity contribution in [3.05, 3.63) is 48.8 Å². The highest BCUT2D eigenvalue weighted by Crippen LogP contribution is 2.28. The molecule has 0 atom stereocenters. The number of hydrogen-bond donors (Lipinski definition) is 1. The van der Waals surface area contributed by atoms with Crippen LogP contribution in [0.4, 0.5) is 5.82 Å². The standard InChI is InChI=1S/C15H15N5O/c1-4-5-21-10(2)13-6-11(12(7-16)15(17)19-13)14-8-20(3)9-18-14/h4-6,8-9H,2H2,1,3H3,(H2,17,19)/b5-4-. The van der Waals surface area contributed by atoms with E-state index in [2.05, 4.69) is 22.6 Å². The number of nitrogen functional groups attached to an aromatic ring is 1. The van der Waals surface area contributed by atoms with Gasteiger partial charge in [-0.25, -0.2) is 9.97 Å². The number of anilines is 1. The maximum Gasteiger partial charge on any atom is 0.145 e. The molecule has 0 bridgehead atoms. The van der Waals surface area contributed by atoms with Crippen LogP contribution in [0.5, 0.6) is 0 Å². The summed E-state index contributed by atoms with van der Waals surface area (Å²) < 4.78 is 7.09. The molecule has 0 radical (unpaired) electrons. The van der Waals surface area contributed by atoms with Gasteiger partial charge in [0, 0.05) is 18.8 Å². The quantitative estimate of drug-likeness (QED) is 0.869. The minimum atomic E-state index is 0.126. The largest absolute Gasteiger partial charge is 0.464 e. The number of aryl methyl sites for hydroxylation is 1. The van der Waals surface area contributed by atoms with Gasteiger partial charge >= 0.3 is 0 Å². The summed E-state index contributed by atoms with van der Waals surface area (Å²) in [7, 11) is 1.85. The number of nitrogens with two attached hydrogens (primary N) is 1. The summed E-state index contributed by atoms with van der Waals surface area (Å²) in [6.07, 6.45) is 6.68. The second kappa shape index (κ2) is 5.92. The van der Waals surface area contributed by atoms with Crippen molar-refractivity contribution in [3.8, 4) is 17.3 Å². The van der Waals surface area contributed by atoms with E-state index in [1.807, 2.05) is 14.0 Å². The van der Waals surface area contributed by atoms with Crippen LogP contribution >= 0.6 is 0 Å². The molecule has 2 aromatic heterocycles. The molecule has 0 aliphatic carbocycles. The minimum Gasteiger partial charge on any atom is -0.464 e. The number of rotatable bonds is 4. The molecule has 0 aromatic carbocycles. The van der Waals surface area contributed by atoms with Gasteiger partial charge in [-0.1, -0.05) is 12.7 Å². The van der Waals surface area contributed by atoms with Crippen LogP contribution in [0.2, 0.25) is 0 Å². The Labute approximate surface area is 122 Å². The molecule has 6 nitrogen and oxygen atoms in total. The zero-order valence-electron chi connectivity index (χ0n) is 11.9. The molecular formula is C15H15N5O. The van der Waals surface area contributed by atoms with Crippen molar-refractivity contribution >= 4 is 11.6 Å². The molecule has 0 aliphatic rings. The van der Waals surface area contributed by atoms with E-state index in [1.54, 1.807) is 29.2 Å². The molecule has 2 heterocycles. The van der Waals surface area contributed by atoms with E-state index < -0.39 is 0 Å². The molecule has 21 heavy (non-hydrogen) atoms. The van der Waals surface area contributed by atoms with Crippen LogP contribution in [-0.2, 0) is 11.8 Å². The van der Waals surface area contributed by atoms with Gasteiger partial charge in [0.1, 0.15) is 28.9 Å². The van der Waals surface area contributed by atoms with Gasteiger partial charge in [-0.15, -0.1) is 0 Å². The SMILES string of the molecule is C=C(O/C=C\C)c1cc(-c2cn(C)cn2)c(C#N)c(N)n1. The number of imidazole rings is 1. The monoisotopic (exact) mass is 281 g/mol. The van der Waals surface area contributed by atoms with Crippen molar-refractivity contribution in [2.75, 3.05) is 5.73 Å². The van der Waals surface area contributed by atoms with Crippen LogP contribution in [0.25, 0.3) is 17.0 Å². The Kier molecular flexibility index (Phi) is 4.05. The number of nitriles is 1. The van der Waals surface area contributed by atoms with Crippen molar-refractivity contribution in [3.63, 3.8) is 0 Å². The number of nitrogens with zero attached hydrogens (tertiary/aromatic N) is 4. The summed E-state index contributed by atoms with van der Waals surface area (Å²) in [6.45, 7) is 5.63. The fraction of sp³-hybridized carbons (Fsp3) is 0.133. The molecule has 106 valence electrons. The summed E-state index contributed by atoms with van der Waals surface area (Å²) in [5.74, 6) is 0.474. The lowest BCUT2D eigenvalue weighted by Crippen LogP contribution is -2.02. The first-order chi connectivity index (χ1) is 10.1. The van der Waals surface area contributed by atoms with E-state index >= 15 is 0 Å². The highest BCUT2D eigenvalue weighted by Gasteiger charge is 2.15. The van der Waals surface area contributed by atoms with Crippen LogP contribution < -0.4 is 5.73 Å². The first-order valence-corrected chi connectivity index (χ1v) is 6.23. The summed E-state index contributed by atoms with van der Waals surface area (Å²) in [5.41, 5.74) is 7.86. The first kappa shape index (κ1) is 14.3. The summed E-state index contributed by atoms with van der Waals surface area (Å²) in [5, 5.41) is 9.27. The number of aromatic nitrogens is 3.